The maximum atomic E-state index is 11.0. The van der Waals surface area contributed by atoms with Crippen molar-refractivity contribution >= 4 is 17.4 Å². The fraction of sp³-hybridized carbons (Fsp3) is 0.429. The lowest BCUT2D eigenvalue weighted by molar-refractivity contribution is -0.135. The van der Waals surface area contributed by atoms with Gasteiger partial charge in [0, 0.05) is 11.1 Å². The molecule has 0 atom stereocenters. The molecule has 3 rings (SSSR count). The van der Waals surface area contributed by atoms with Crippen molar-refractivity contribution in [2.45, 2.75) is 24.7 Å². The van der Waals surface area contributed by atoms with Crippen LogP contribution in [0.25, 0.3) is 0 Å². The minimum absolute atomic E-state index is 0.0503. The number of carbonyl (C=O) groups is 1. The number of carboxylic acid groups (broad SMARTS) is 1. The molecular weight excluding hydrogens is 228 g/mol. The van der Waals surface area contributed by atoms with E-state index < -0.39 is 5.97 Å². The molecule has 2 N–H and O–H groups in total. The van der Waals surface area contributed by atoms with Crippen molar-refractivity contribution in [2.75, 3.05) is 13.1 Å². The molecule has 2 aliphatic heterocycles. The second-order valence-corrected chi connectivity index (χ2v) is 4.98. The highest BCUT2D eigenvalue weighted by atomic mass is 16.4. The maximum absolute atomic E-state index is 11.0. The summed E-state index contributed by atoms with van der Waals surface area (Å²) in [6.07, 6.45) is 1.93. The fourth-order valence-corrected chi connectivity index (χ4v) is 3.15. The van der Waals surface area contributed by atoms with Gasteiger partial charge < -0.3 is 10.4 Å². The molecule has 0 radical (unpaired) electrons. The molecule has 4 heteroatoms. The quantitative estimate of drug-likeness (QED) is 0.834. The molecule has 0 unspecified atom stereocenters. The Bertz CT molecular complexity index is 516. The molecule has 0 saturated carbocycles. The lowest BCUT2D eigenvalue weighted by Crippen LogP contribution is -2.44. The third-order valence-electron chi connectivity index (χ3n) is 4.00. The van der Waals surface area contributed by atoms with Gasteiger partial charge in [0.15, 0.2) is 0 Å². The van der Waals surface area contributed by atoms with E-state index in [9.17, 15) is 4.79 Å². The number of fused-ring (bicyclic) bond motifs is 2. The van der Waals surface area contributed by atoms with E-state index in [1.54, 1.807) is 0 Å². The summed E-state index contributed by atoms with van der Waals surface area (Å²) < 4.78 is 0. The van der Waals surface area contributed by atoms with E-state index in [0.29, 0.717) is 0 Å². The van der Waals surface area contributed by atoms with Crippen LogP contribution < -0.4 is 5.32 Å². The van der Waals surface area contributed by atoms with Crippen molar-refractivity contribution in [1.29, 1.82) is 0 Å². The number of rotatable bonds is 2. The van der Waals surface area contributed by atoms with Crippen molar-refractivity contribution < 1.29 is 9.90 Å². The Hall–Kier alpha value is -1.68. The number of benzene rings is 1. The van der Waals surface area contributed by atoms with Crippen LogP contribution in [0.4, 0.5) is 5.69 Å². The number of aliphatic imine (C=N–C) groups is 1. The molecule has 0 aromatic heterocycles. The first-order chi connectivity index (χ1) is 8.72. The number of para-hydroxylation sites is 1. The molecule has 1 saturated heterocycles. The minimum Gasteiger partial charge on any atom is -0.481 e. The molecule has 0 bridgehead atoms. The van der Waals surface area contributed by atoms with Crippen LogP contribution in [0, 0.1) is 0 Å². The first-order valence-corrected chi connectivity index (χ1v) is 6.32. The Morgan fingerprint density at radius 3 is 2.78 bits per heavy atom. The average molecular weight is 244 g/mol. The lowest BCUT2D eigenvalue weighted by atomic mass is 9.70. The fourth-order valence-electron chi connectivity index (χ4n) is 3.15. The second-order valence-electron chi connectivity index (χ2n) is 4.98. The zero-order valence-electron chi connectivity index (χ0n) is 10.1. The minimum atomic E-state index is -0.792. The number of nitrogens with one attached hydrogen (secondary N) is 1. The zero-order chi connectivity index (χ0) is 12.6. The molecule has 1 fully saturated rings. The topological polar surface area (TPSA) is 61.7 Å². The number of piperidine rings is 1. The van der Waals surface area contributed by atoms with Crippen LogP contribution in [-0.2, 0) is 10.2 Å². The largest absolute Gasteiger partial charge is 0.481 e. The van der Waals surface area contributed by atoms with Crippen molar-refractivity contribution in [1.82, 2.24) is 5.32 Å². The van der Waals surface area contributed by atoms with Crippen LogP contribution in [0.15, 0.2) is 29.3 Å². The molecule has 4 nitrogen and oxygen atoms in total. The molecule has 1 aromatic rings. The summed E-state index contributed by atoms with van der Waals surface area (Å²) in [5, 5.41) is 12.4. The number of hydrogen-bond donors (Lipinski definition) is 2. The normalized spacial score (nSPS) is 20.6. The van der Waals surface area contributed by atoms with E-state index in [0.717, 1.165) is 37.3 Å². The summed E-state index contributed by atoms with van der Waals surface area (Å²) in [5.41, 5.74) is 2.86. The van der Waals surface area contributed by atoms with Crippen LogP contribution in [0.1, 0.15) is 24.8 Å². The average Bonchev–Trinajstić information content (AvgIpc) is 2.65. The van der Waals surface area contributed by atoms with E-state index >= 15 is 0 Å². The Balaban J connectivity index is 2.06. The molecule has 2 heterocycles. The van der Waals surface area contributed by atoms with Crippen LogP contribution in [0.5, 0.6) is 0 Å². The lowest BCUT2D eigenvalue weighted by Gasteiger charge is -2.36. The predicted octanol–water partition coefficient (Wildman–Crippen LogP) is 1.87. The summed E-state index contributed by atoms with van der Waals surface area (Å²) in [6, 6.07) is 8.05. The van der Waals surface area contributed by atoms with Crippen molar-refractivity contribution in [3.05, 3.63) is 29.8 Å². The van der Waals surface area contributed by atoms with Gasteiger partial charge in [0.05, 0.1) is 12.1 Å². The Labute approximate surface area is 106 Å². The number of carboxylic acids is 1. The summed E-state index contributed by atoms with van der Waals surface area (Å²) >= 11 is 0. The SMILES string of the molecule is O=C(O)CC1=Nc2ccccc2C12CCNCC2. The molecule has 1 aromatic carbocycles. The molecule has 18 heavy (non-hydrogen) atoms. The van der Waals surface area contributed by atoms with Gasteiger partial charge in [-0.3, -0.25) is 9.79 Å². The van der Waals surface area contributed by atoms with Crippen LogP contribution in [0.2, 0.25) is 0 Å². The van der Waals surface area contributed by atoms with Crippen molar-refractivity contribution in [3.8, 4) is 0 Å². The van der Waals surface area contributed by atoms with Gasteiger partial charge in [0.2, 0.25) is 0 Å². The smallest absolute Gasteiger partial charge is 0.309 e. The molecule has 1 spiro atoms. The van der Waals surface area contributed by atoms with Crippen molar-refractivity contribution in [3.63, 3.8) is 0 Å². The van der Waals surface area contributed by atoms with Crippen LogP contribution in [-0.4, -0.2) is 29.9 Å². The van der Waals surface area contributed by atoms with Crippen molar-refractivity contribution in [2.24, 2.45) is 4.99 Å². The van der Waals surface area contributed by atoms with E-state index in [4.69, 9.17) is 5.11 Å². The highest BCUT2D eigenvalue weighted by Gasteiger charge is 2.44. The first kappa shape index (κ1) is 11.4. The van der Waals surface area contributed by atoms with E-state index in [-0.39, 0.29) is 11.8 Å². The summed E-state index contributed by atoms with van der Waals surface area (Å²) in [5.74, 6) is -0.792. The van der Waals surface area contributed by atoms with Crippen LogP contribution >= 0.6 is 0 Å². The molecule has 0 aliphatic carbocycles. The second kappa shape index (κ2) is 4.21. The standard InChI is InChI=1S/C14H16N2O2/c17-13(18)9-12-14(5-7-15-8-6-14)10-3-1-2-4-11(10)16-12/h1-4,15H,5-9H2,(H,17,18). The third-order valence-corrected chi connectivity index (χ3v) is 4.00. The molecule has 0 amide bonds. The van der Waals surface area contributed by atoms with Gasteiger partial charge in [-0.2, -0.15) is 0 Å². The van der Waals surface area contributed by atoms with Gasteiger partial charge in [-0.15, -0.1) is 0 Å². The number of nitrogens with zero attached hydrogens (tertiary/aromatic N) is 1. The first-order valence-electron chi connectivity index (χ1n) is 6.32. The summed E-state index contributed by atoms with van der Waals surface area (Å²) in [4.78, 5) is 15.6. The predicted molar refractivity (Wildman–Crippen MR) is 69.6 cm³/mol. The Morgan fingerprint density at radius 2 is 2.06 bits per heavy atom. The van der Waals surface area contributed by atoms with Gasteiger partial charge in [0.25, 0.3) is 0 Å². The third kappa shape index (κ3) is 1.64. The number of hydrogen-bond acceptors (Lipinski definition) is 3. The Morgan fingerprint density at radius 1 is 1.33 bits per heavy atom. The van der Waals surface area contributed by atoms with Crippen LogP contribution in [0.3, 0.4) is 0 Å². The van der Waals surface area contributed by atoms with E-state index in [2.05, 4.69) is 16.4 Å². The van der Waals surface area contributed by atoms with E-state index in [1.165, 1.54) is 5.56 Å². The van der Waals surface area contributed by atoms with Gasteiger partial charge in [0.1, 0.15) is 0 Å². The monoisotopic (exact) mass is 244 g/mol. The highest BCUT2D eigenvalue weighted by molar-refractivity contribution is 6.09. The summed E-state index contributed by atoms with van der Waals surface area (Å²) in [7, 11) is 0. The number of aliphatic carboxylic acids is 1. The molecule has 94 valence electrons. The van der Waals surface area contributed by atoms with Gasteiger partial charge in [-0.25, -0.2) is 0 Å². The zero-order valence-corrected chi connectivity index (χ0v) is 10.1. The summed E-state index contributed by atoms with van der Waals surface area (Å²) in [6.45, 7) is 1.85. The van der Waals surface area contributed by atoms with Gasteiger partial charge in [-0.1, -0.05) is 18.2 Å². The van der Waals surface area contributed by atoms with Gasteiger partial charge >= 0.3 is 5.97 Å². The van der Waals surface area contributed by atoms with E-state index in [1.807, 2.05) is 18.2 Å². The van der Waals surface area contributed by atoms with Gasteiger partial charge in [-0.05, 0) is 37.6 Å². The maximum Gasteiger partial charge on any atom is 0.309 e. The Kier molecular flexibility index (Phi) is 2.67. The molecular formula is C14H16N2O2. The highest BCUT2D eigenvalue weighted by Crippen LogP contribution is 2.46. The molecule has 2 aliphatic rings.